The maximum Gasteiger partial charge on any atom is 0.0746 e. The molecule has 0 saturated carbocycles. The molecule has 0 saturated heterocycles. The fourth-order valence-electron chi connectivity index (χ4n) is 1.66. The average molecular weight is 270 g/mol. The van der Waals surface area contributed by atoms with Crippen molar-refractivity contribution in [1.29, 1.82) is 0 Å². The van der Waals surface area contributed by atoms with Gasteiger partial charge in [-0.3, -0.25) is 5.32 Å². The Morgan fingerprint density at radius 3 is 2.53 bits per heavy atom. The van der Waals surface area contributed by atoms with E-state index in [1.54, 1.807) is 6.07 Å². The summed E-state index contributed by atoms with van der Waals surface area (Å²) in [6, 6.07) is 5.67. The van der Waals surface area contributed by atoms with Gasteiger partial charge in [-0.05, 0) is 38.0 Å². The van der Waals surface area contributed by atoms with Crippen molar-refractivity contribution >= 4 is 23.2 Å². The molecular weight excluding hydrogens is 253 g/mol. The van der Waals surface area contributed by atoms with Crippen LogP contribution >= 0.6 is 23.2 Å². The van der Waals surface area contributed by atoms with Crippen LogP contribution in [0.5, 0.6) is 0 Å². The number of benzene rings is 1. The van der Waals surface area contributed by atoms with E-state index < -0.39 is 0 Å². The predicted octanol–water partition coefficient (Wildman–Crippen LogP) is 4.45. The first kappa shape index (κ1) is 14.4. The molecule has 1 aromatic rings. The number of hydrogen-bond acceptors (Lipinski definition) is 1. The van der Waals surface area contributed by atoms with Crippen LogP contribution < -0.4 is 5.32 Å². The molecule has 92 valence electrons. The first-order chi connectivity index (χ1) is 7.89. The molecule has 0 fully saturated rings. The number of hydrogen-bond donors (Lipinski definition) is 1. The zero-order valence-corrected chi connectivity index (χ0v) is 11.9. The summed E-state index contributed by atoms with van der Waals surface area (Å²) in [6.07, 6.45) is 6.39. The van der Waals surface area contributed by atoms with Crippen molar-refractivity contribution in [3.8, 4) is 12.3 Å². The Hall–Kier alpha value is -0.680. The molecule has 1 N–H and O–H groups in total. The average Bonchev–Trinajstić information content (AvgIpc) is 2.26. The number of nitrogens with one attached hydrogen (secondary N) is 1. The third-order valence-electron chi connectivity index (χ3n) is 2.64. The molecule has 1 unspecified atom stereocenters. The lowest BCUT2D eigenvalue weighted by Gasteiger charge is -2.28. The summed E-state index contributed by atoms with van der Waals surface area (Å²) in [5.41, 5.74) is 0.672. The quantitative estimate of drug-likeness (QED) is 0.797. The smallest absolute Gasteiger partial charge is 0.0746 e. The summed E-state index contributed by atoms with van der Waals surface area (Å²) in [4.78, 5) is 0. The number of halogens is 2. The Bertz CT molecular complexity index is 432. The van der Waals surface area contributed by atoms with E-state index in [1.807, 2.05) is 26.0 Å². The summed E-state index contributed by atoms with van der Waals surface area (Å²) in [6.45, 7) is 6.04. The lowest BCUT2D eigenvalue weighted by atomic mass is 9.99. The minimum absolute atomic E-state index is 0.130. The fourth-order valence-corrected chi connectivity index (χ4v) is 2.20. The van der Waals surface area contributed by atoms with Gasteiger partial charge in [0.15, 0.2) is 0 Å². The van der Waals surface area contributed by atoms with E-state index in [1.165, 1.54) is 0 Å². The zero-order chi connectivity index (χ0) is 13.1. The van der Waals surface area contributed by atoms with Crippen LogP contribution in [0.1, 0.15) is 38.8 Å². The monoisotopic (exact) mass is 269 g/mol. The van der Waals surface area contributed by atoms with Gasteiger partial charge in [0.2, 0.25) is 0 Å². The largest absolute Gasteiger partial charge is 0.295 e. The van der Waals surface area contributed by atoms with Gasteiger partial charge in [-0.15, -0.1) is 6.42 Å². The highest BCUT2D eigenvalue weighted by atomic mass is 35.5. The Balaban J connectivity index is 2.99. The molecule has 1 nitrogen and oxygen atoms in total. The maximum absolute atomic E-state index is 6.20. The number of rotatable bonds is 4. The van der Waals surface area contributed by atoms with Gasteiger partial charge in [0, 0.05) is 16.1 Å². The fraction of sp³-hybridized carbons (Fsp3) is 0.429. The topological polar surface area (TPSA) is 12.0 Å². The second-order valence-corrected chi connectivity index (χ2v) is 5.38. The first-order valence-electron chi connectivity index (χ1n) is 5.60. The molecule has 1 rings (SSSR count). The summed E-state index contributed by atoms with van der Waals surface area (Å²) in [5, 5.41) is 4.72. The van der Waals surface area contributed by atoms with Crippen LogP contribution in [0.15, 0.2) is 18.2 Å². The van der Waals surface area contributed by atoms with Crippen molar-refractivity contribution in [2.24, 2.45) is 0 Å². The van der Waals surface area contributed by atoms with E-state index in [4.69, 9.17) is 29.6 Å². The standard InChI is InChI=1S/C14H17Cl2N/c1-5-13(17-14(3,4)6-2)11-8-7-10(15)9-12(11)16/h2,7-9,13,17H,5H2,1,3-4H3. The molecule has 1 aromatic carbocycles. The van der Waals surface area contributed by atoms with Crippen molar-refractivity contribution in [2.45, 2.75) is 38.8 Å². The lowest BCUT2D eigenvalue weighted by molar-refractivity contribution is 0.404. The lowest BCUT2D eigenvalue weighted by Crippen LogP contribution is -2.40. The van der Waals surface area contributed by atoms with Gasteiger partial charge in [0.05, 0.1) is 5.54 Å². The van der Waals surface area contributed by atoms with Gasteiger partial charge in [-0.1, -0.05) is 42.1 Å². The van der Waals surface area contributed by atoms with E-state index in [-0.39, 0.29) is 11.6 Å². The van der Waals surface area contributed by atoms with Crippen LogP contribution in [0.2, 0.25) is 10.0 Å². The van der Waals surface area contributed by atoms with E-state index in [0.717, 1.165) is 12.0 Å². The van der Waals surface area contributed by atoms with Crippen LogP contribution in [-0.4, -0.2) is 5.54 Å². The van der Waals surface area contributed by atoms with E-state index in [0.29, 0.717) is 10.0 Å². The Morgan fingerprint density at radius 1 is 1.41 bits per heavy atom. The predicted molar refractivity (Wildman–Crippen MR) is 75.5 cm³/mol. The van der Waals surface area contributed by atoms with Crippen LogP contribution in [0.3, 0.4) is 0 Å². The summed E-state index contributed by atoms with van der Waals surface area (Å²) in [7, 11) is 0. The van der Waals surface area contributed by atoms with E-state index >= 15 is 0 Å². The highest BCUT2D eigenvalue weighted by Crippen LogP contribution is 2.29. The van der Waals surface area contributed by atoms with Gasteiger partial charge in [-0.2, -0.15) is 0 Å². The molecule has 0 aromatic heterocycles. The molecule has 0 radical (unpaired) electrons. The van der Waals surface area contributed by atoms with Crippen molar-refractivity contribution in [3.05, 3.63) is 33.8 Å². The van der Waals surface area contributed by atoms with Gasteiger partial charge < -0.3 is 0 Å². The van der Waals surface area contributed by atoms with Crippen LogP contribution in [0.25, 0.3) is 0 Å². The summed E-state index contributed by atoms with van der Waals surface area (Å²) >= 11 is 12.1. The minimum atomic E-state index is -0.357. The van der Waals surface area contributed by atoms with Crippen molar-refractivity contribution in [1.82, 2.24) is 5.32 Å². The second-order valence-electron chi connectivity index (χ2n) is 4.54. The SMILES string of the molecule is C#CC(C)(C)NC(CC)c1ccc(Cl)cc1Cl. The highest BCUT2D eigenvalue weighted by Gasteiger charge is 2.21. The molecular formula is C14H17Cl2N. The van der Waals surface area contributed by atoms with Gasteiger partial charge >= 0.3 is 0 Å². The van der Waals surface area contributed by atoms with E-state index in [9.17, 15) is 0 Å². The number of terminal acetylenes is 1. The van der Waals surface area contributed by atoms with Crippen LogP contribution in [-0.2, 0) is 0 Å². The normalized spacial score (nSPS) is 13.2. The van der Waals surface area contributed by atoms with Crippen molar-refractivity contribution in [3.63, 3.8) is 0 Å². The molecule has 0 spiro atoms. The molecule has 0 amide bonds. The summed E-state index contributed by atoms with van der Waals surface area (Å²) in [5.74, 6) is 2.73. The first-order valence-corrected chi connectivity index (χ1v) is 6.35. The minimum Gasteiger partial charge on any atom is -0.295 e. The summed E-state index contributed by atoms with van der Waals surface area (Å²) < 4.78 is 0. The van der Waals surface area contributed by atoms with Crippen LogP contribution in [0.4, 0.5) is 0 Å². The zero-order valence-electron chi connectivity index (χ0n) is 10.3. The molecule has 17 heavy (non-hydrogen) atoms. The Kier molecular flexibility index (Phi) is 4.89. The molecule has 0 heterocycles. The maximum atomic E-state index is 6.20. The second kappa shape index (κ2) is 5.78. The van der Waals surface area contributed by atoms with Gasteiger partial charge in [-0.25, -0.2) is 0 Å². The molecule has 3 heteroatoms. The third-order valence-corrected chi connectivity index (χ3v) is 3.20. The molecule has 0 aliphatic heterocycles. The molecule has 0 bridgehead atoms. The Labute approximate surface area is 114 Å². The van der Waals surface area contributed by atoms with Crippen molar-refractivity contribution in [2.75, 3.05) is 0 Å². The molecule has 0 aliphatic carbocycles. The van der Waals surface area contributed by atoms with Crippen LogP contribution in [0, 0.1) is 12.3 Å². The Morgan fingerprint density at radius 2 is 2.06 bits per heavy atom. The molecule has 1 atom stereocenters. The third kappa shape index (κ3) is 3.92. The van der Waals surface area contributed by atoms with Gasteiger partial charge in [0.25, 0.3) is 0 Å². The van der Waals surface area contributed by atoms with E-state index in [2.05, 4.69) is 18.2 Å². The van der Waals surface area contributed by atoms with Crippen molar-refractivity contribution < 1.29 is 0 Å². The van der Waals surface area contributed by atoms with Gasteiger partial charge in [0.1, 0.15) is 0 Å². The highest BCUT2D eigenvalue weighted by molar-refractivity contribution is 6.35. The molecule has 0 aliphatic rings.